The van der Waals surface area contributed by atoms with Crippen molar-refractivity contribution < 1.29 is 9.13 Å². The van der Waals surface area contributed by atoms with Gasteiger partial charge in [-0.05, 0) is 37.3 Å². The summed E-state index contributed by atoms with van der Waals surface area (Å²) in [5.74, 6) is -0.370. The molecule has 0 bridgehead atoms. The molecule has 3 rings (SSSR count). The third kappa shape index (κ3) is 3.71. The number of aromatic nitrogens is 2. The Kier molecular flexibility index (Phi) is 5.69. The summed E-state index contributed by atoms with van der Waals surface area (Å²) < 4.78 is 21.3. The van der Waals surface area contributed by atoms with Crippen molar-refractivity contribution >= 4 is 16.9 Å². The number of hydrogen-bond acceptors (Lipinski definition) is 4. The first-order chi connectivity index (χ1) is 13.6. The minimum atomic E-state index is -0.676. The summed E-state index contributed by atoms with van der Waals surface area (Å²) in [4.78, 5) is 17.0. The molecule has 5 nitrogen and oxygen atoms in total. The number of nitrogens with zero attached hydrogens (tertiary/aromatic N) is 2. The van der Waals surface area contributed by atoms with Crippen LogP contribution in [0.3, 0.4) is 0 Å². The molecule has 6 heteroatoms. The molecular weight excluding hydrogens is 357 g/mol. The lowest BCUT2D eigenvalue weighted by Gasteiger charge is -2.18. The van der Waals surface area contributed by atoms with E-state index >= 15 is 0 Å². The maximum Gasteiger partial charge on any atom is 0.252 e. The van der Waals surface area contributed by atoms with Gasteiger partial charge < -0.3 is 10.1 Å². The number of hydrogen-bond donors (Lipinski definition) is 1. The summed E-state index contributed by atoms with van der Waals surface area (Å²) in [5, 5.41) is 3.31. The van der Waals surface area contributed by atoms with E-state index in [1.165, 1.54) is 6.07 Å². The third-order valence-corrected chi connectivity index (χ3v) is 3.99. The van der Waals surface area contributed by atoms with Gasteiger partial charge in [-0.25, -0.2) is 4.39 Å². The molecule has 0 saturated carbocycles. The molecule has 2 aromatic heterocycles. The lowest BCUT2D eigenvalue weighted by atomic mass is 10.2. The highest BCUT2D eigenvalue weighted by molar-refractivity contribution is 5.81. The van der Waals surface area contributed by atoms with Crippen molar-refractivity contribution in [3.05, 3.63) is 95.6 Å². The molecule has 0 radical (unpaired) electrons. The normalized spacial score (nSPS) is 11.3. The molecular formula is C22H20FN3O2. The molecule has 0 amide bonds. The number of anilines is 1. The molecule has 0 atom stereocenters. The number of halogens is 1. The molecule has 0 saturated heterocycles. The quantitative estimate of drug-likeness (QED) is 0.612. The van der Waals surface area contributed by atoms with Gasteiger partial charge in [0.15, 0.2) is 16.9 Å². The largest absolute Gasteiger partial charge is 0.476 e. The average Bonchev–Trinajstić information content (AvgIpc) is 2.70. The lowest BCUT2D eigenvalue weighted by Crippen LogP contribution is -2.15. The fraction of sp³-hybridized carbons (Fsp3) is 0.0909. The fourth-order valence-corrected chi connectivity index (χ4v) is 2.80. The Morgan fingerprint density at radius 2 is 2.04 bits per heavy atom. The van der Waals surface area contributed by atoms with Gasteiger partial charge in [-0.15, -0.1) is 0 Å². The molecule has 3 aromatic rings. The highest BCUT2D eigenvalue weighted by Crippen LogP contribution is 2.26. The molecule has 0 aliphatic rings. The van der Waals surface area contributed by atoms with Gasteiger partial charge in [0.1, 0.15) is 5.82 Å². The van der Waals surface area contributed by atoms with Crippen LogP contribution in [-0.4, -0.2) is 16.2 Å². The summed E-state index contributed by atoms with van der Waals surface area (Å²) in [6.45, 7) is 9.43. The summed E-state index contributed by atoms with van der Waals surface area (Å²) in [6.07, 6.45) is 4.94. The van der Waals surface area contributed by atoms with Crippen LogP contribution in [0.4, 0.5) is 10.2 Å². The van der Waals surface area contributed by atoms with E-state index in [1.54, 1.807) is 29.7 Å². The maximum atomic E-state index is 14.3. The number of rotatable bonds is 7. The van der Waals surface area contributed by atoms with Crippen LogP contribution in [0.25, 0.3) is 16.7 Å². The molecule has 142 valence electrons. The molecule has 1 N–H and O–H groups in total. The Balaban J connectivity index is 2.37. The zero-order valence-electron chi connectivity index (χ0n) is 15.5. The van der Waals surface area contributed by atoms with Crippen LogP contribution in [0.5, 0.6) is 5.88 Å². The van der Waals surface area contributed by atoms with E-state index in [4.69, 9.17) is 4.74 Å². The Morgan fingerprint density at radius 1 is 1.29 bits per heavy atom. The van der Waals surface area contributed by atoms with Gasteiger partial charge in [-0.3, -0.25) is 9.36 Å². The van der Waals surface area contributed by atoms with Gasteiger partial charge in [0, 0.05) is 17.5 Å². The Labute approximate surface area is 162 Å². The SMILES string of the molecule is C=C/C=C(\C=C)Nc1cc(=O)c2cc(F)c(OCC)nc2n1-c1ccccc1. The van der Waals surface area contributed by atoms with E-state index < -0.39 is 5.82 Å². The zero-order chi connectivity index (χ0) is 20.1. The number of fused-ring (bicyclic) bond motifs is 1. The van der Waals surface area contributed by atoms with Gasteiger partial charge >= 0.3 is 0 Å². The summed E-state index contributed by atoms with van der Waals surface area (Å²) >= 11 is 0. The van der Waals surface area contributed by atoms with E-state index in [9.17, 15) is 9.18 Å². The van der Waals surface area contributed by atoms with Gasteiger partial charge in [0.05, 0.1) is 12.0 Å². The minimum Gasteiger partial charge on any atom is -0.476 e. The van der Waals surface area contributed by atoms with Crippen LogP contribution in [-0.2, 0) is 0 Å². The van der Waals surface area contributed by atoms with E-state index in [0.29, 0.717) is 11.5 Å². The van der Waals surface area contributed by atoms with Crippen LogP contribution in [0.15, 0.2) is 84.3 Å². The number of benzene rings is 1. The van der Waals surface area contributed by atoms with Crippen LogP contribution in [0.1, 0.15) is 6.92 Å². The van der Waals surface area contributed by atoms with Crippen molar-refractivity contribution in [2.75, 3.05) is 11.9 Å². The summed E-state index contributed by atoms with van der Waals surface area (Å²) in [7, 11) is 0. The van der Waals surface area contributed by atoms with Crippen molar-refractivity contribution in [3.8, 4) is 11.6 Å². The number of ether oxygens (including phenoxy) is 1. The van der Waals surface area contributed by atoms with Crippen molar-refractivity contribution in [2.24, 2.45) is 0 Å². The van der Waals surface area contributed by atoms with Gasteiger partial charge in [0.25, 0.3) is 5.88 Å². The molecule has 0 spiro atoms. The second-order valence-corrected chi connectivity index (χ2v) is 5.83. The second kappa shape index (κ2) is 8.35. The third-order valence-electron chi connectivity index (χ3n) is 3.99. The Morgan fingerprint density at radius 3 is 2.68 bits per heavy atom. The topological polar surface area (TPSA) is 56.1 Å². The highest BCUT2D eigenvalue weighted by Gasteiger charge is 2.17. The number of pyridine rings is 2. The van der Waals surface area contributed by atoms with Gasteiger partial charge in [-0.1, -0.05) is 37.4 Å². The highest BCUT2D eigenvalue weighted by atomic mass is 19.1. The van der Waals surface area contributed by atoms with E-state index in [1.807, 2.05) is 30.3 Å². The first-order valence-corrected chi connectivity index (χ1v) is 8.75. The maximum absolute atomic E-state index is 14.3. The molecule has 0 aliphatic carbocycles. The predicted molar refractivity (Wildman–Crippen MR) is 111 cm³/mol. The van der Waals surface area contributed by atoms with E-state index in [2.05, 4.69) is 23.5 Å². The van der Waals surface area contributed by atoms with Crippen molar-refractivity contribution in [1.82, 2.24) is 9.55 Å². The monoisotopic (exact) mass is 377 g/mol. The lowest BCUT2D eigenvalue weighted by molar-refractivity contribution is 0.308. The van der Waals surface area contributed by atoms with E-state index in [0.717, 1.165) is 11.8 Å². The predicted octanol–water partition coefficient (Wildman–Crippen LogP) is 4.59. The molecule has 2 heterocycles. The standard InChI is InChI=1S/C22H20FN3O2/c1-4-10-15(5-2)24-20-14-19(27)17-13-18(23)22(28-6-3)25-21(17)26(20)16-11-8-7-9-12-16/h4-5,7-14,24H,1-2,6H2,3H3/b15-10+. The van der Waals surface area contributed by atoms with Crippen molar-refractivity contribution in [2.45, 2.75) is 6.92 Å². The van der Waals surface area contributed by atoms with Gasteiger partial charge in [-0.2, -0.15) is 4.98 Å². The van der Waals surface area contributed by atoms with Crippen LogP contribution < -0.4 is 15.5 Å². The van der Waals surface area contributed by atoms with Crippen LogP contribution in [0, 0.1) is 5.82 Å². The molecule has 0 fully saturated rings. The minimum absolute atomic E-state index is 0.151. The Bertz CT molecular complexity index is 1120. The first kappa shape index (κ1) is 19.1. The average molecular weight is 377 g/mol. The number of para-hydroxylation sites is 1. The van der Waals surface area contributed by atoms with Crippen molar-refractivity contribution in [1.29, 1.82) is 0 Å². The fourth-order valence-electron chi connectivity index (χ4n) is 2.80. The number of nitrogens with one attached hydrogen (secondary N) is 1. The first-order valence-electron chi connectivity index (χ1n) is 8.75. The summed E-state index contributed by atoms with van der Waals surface area (Å²) in [5.41, 5.74) is 1.32. The molecule has 1 aromatic carbocycles. The molecule has 0 unspecified atom stereocenters. The molecule has 0 aliphatic heterocycles. The smallest absolute Gasteiger partial charge is 0.252 e. The van der Waals surface area contributed by atoms with Gasteiger partial charge in [0.2, 0.25) is 0 Å². The van der Waals surface area contributed by atoms with Crippen LogP contribution in [0.2, 0.25) is 0 Å². The zero-order valence-corrected chi connectivity index (χ0v) is 15.5. The van der Waals surface area contributed by atoms with Crippen molar-refractivity contribution in [3.63, 3.8) is 0 Å². The Hall–Kier alpha value is -3.67. The summed E-state index contributed by atoms with van der Waals surface area (Å²) in [6, 6.07) is 11.9. The molecule has 28 heavy (non-hydrogen) atoms. The second-order valence-electron chi connectivity index (χ2n) is 5.83. The van der Waals surface area contributed by atoms with E-state index in [-0.39, 0.29) is 28.9 Å². The van der Waals surface area contributed by atoms with Crippen LogP contribution >= 0.6 is 0 Å². The number of allylic oxidation sites excluding steroid dienone is 3.